The van der Waals surface area contributed by atoms with Crippen LogP contribution in [-0.2, 0) is 0 Å². The van der Waals surface area contributed by atoms with Gasteiger partial charge in [0.15, 0.2) is 5.65 Å². The average Bonchev–Trinajstić information content (AvgIpc) is 3.03. The first-order valence-corrected chi connectivity index (χ1v) is 7.31. The fourth-order valence-corrected chi connectivity index (χ4v) is 2.53. The van der Waals surface area contributed by atoms with Gasteiger partial charge < -0.3 is 5.32 Å². The fraction of sp³-hybridized carbons (Fsp3) is 0. The summed E-state index contributed by atoms with van der Waals surface area (Å²) in [6.45, 7) is 0. The summed E-state index contributed by atoms with van der Waals surface area (Å²) in [5, 5.41) is 11.6. The molecule has 4 aromatic rings. The normalized spacial score (nSPS) is 10.8. The number of anilines is 2. The number of aromatic amines is 1. The maximum atomic E-state index is 5.99. The van der Waals surface area contributed by atoms with Crippen molar-refractivity contribution in [3.8, 4) is 11.3 Å². The van der Waals surface area contributed by atoms with Crippen LogP contribution in [0.5, 0.6) is 0 Å². The molecule has 23 heavy (non-hydrogen) atoms. The number of hydrogen-bond acceptors (Lipinski definition) is 5. The van der Waals surface area contributed by atoms with Gasteiger partial charge in [-0.1, -0.05) is 17.7 Å². The van der Waals surface area contributed by atoms with Gasteiger partial charge in [-0.05, 0) is 30.3 Å². The van der Waals surface area contributed by atoms with Crippen molar-refractivity contribution in [3.63, 3.8) is 0 Å². The minimum atomic E-state index is 0.498. The van der Waals surface area contributed by atoms with Gasteiger partial charge in [-0.3, -0.25) is 5.10 Å². The topological polar surface area (TPSA) is 79.4 Å². The monoisotopic (exact) mass is 322 g/mol. The first-order chi connectivity index (χ1) is 11.3. The van der Waals surface area contributed by atoms with Crippen LogP contribution in [0.15, 0.2) is 55.0 Å². The Morgan fingerprint density at radius 2 is 1.96 bits per heavy atom. The van der Waals surface area contributed by atoms with E-state index in [9.17, 15) is 0 Å². The van der Waals surface area contributed by atoms with E-state index >= 15 is 0 Å². The van der Waals surface area contributed by atoms with Gasteiger partial charge in [-0.15, -0.1) is 0 Å². The van der Waals surface area contributed by atoms with Crippen molar-refractivity contribution in [3.05, 3.63) is 60.0 Å². The second kappa shape index (κ2) is 5.66. The van der Waals surface area contributed by atoms with Gasteiger partial charge in [-0.25, -0.2) is 15.0 Å². The van der Waals surface area contributed by atoms with E-state index in [0.29, 0.717) is 11.0 Å². The van der Waals surface area contributed by atoms with Gasteiger partial charge in [0.1, 0.15) is 0 Å². The Morgan fingerprint density at radius 1 is 1.04 bits per heavy atom. The number of nitrogens with one attached hydrogen (secondary N) is 2. The van der Waals surface area contributed by atoms with Crippen LogP contribution >= 0.6 is 11.6 Å². The van der Waals surface area contributed by atoms with Crippen LogP contribution < -0.4 is 5.32 Å². The van der Waals surface area contributed by atoms with Gasteiger partial charge in [0, 0.05) is 34.1 Å². The number of rotatable bonds is 3. The number of aromatic nitrogens is 5. The van der Waals surface area contributed by atoms with Crippen LogP contribution in [0.2, 0.25) is 5.02 Å². The molecule has 0 aliphatic carbocycles. The predicted molar refractivity (Wildman–Crippen MR) is 89.6 cm³/mol. The second-order valence-electron chi connectivity index (χ2n) is 4.89. The Labute approximate surface area is 136 Å². The van der Waals surface area contributed by atoms with E-state index in [1.807, 2.05) is 36.4 Å². The molecule has 0 bridgehead atoms. The van der Waals surface area contributed by atoms with Gasteiger partial charge in [0.25, 0.3) is 0 Å². The van der Waals surface area contributed by atoms with Gasteiger partial charge in [-0.2, -0.15) is 5.10 Å². The summed E-state index contributed by atoms with van der Waals surface area (Å²) in [6.07, 6.45) is 5.17. The third kappa shape index (κ3) is 2.72. The lowest BCUT2D eigenvalue weighted by Gasteiger charge is -2.07. The first kappa shape index (κ1) is 13.7. The summed E-state index contributed by atoms with van der Waals surface area (Å²) in [4.78, 5) is 13.1. The first-order valence-electron chi connectivity index (χ1n) is 6.94. The smallest absolute Gasteiger partial charge is 0.227 e. The molecule has 0 atom stereocenters. The molecule has 1 aromatic carbocycles. The van der Waals surface area contributed by atoms with Crippen molar-refractivity contribution in [1.29, 1.82) is 0 Å². The molecular formula is C16H11ClN6. The molecule has 0 unspecified atom stereocenters. The van der Waals surface area contributed by atoms with E-state index in [4.69, 9.17) is 11.6 Å². The number of nitrogens with zero attached hydrogens (tertiary/aromatic N) is 4. The van der Waals surface area contributed by atoms with E-state index in [-0.39, 0.29) is 0 Å². The van der Waals surface area contributed by atoms with Crippen molar-refractivity contribution in [2.24, 2.45) is 0 Å². The standard InChI is InChI=1S/C16H11ClN6/c17-10-2-1-3-11(8-10)21-16-19-7-5-14(22-16)12-4-6-18-15-13(12)9-20-23-15/h1-9H,(H,18,20,23)(H,19,21,22). The lowest BCUT2D eigenvalue weighted by Crippen LogP contribution is -1.98. The third-order valence-electron chi connectivity index (χ3n) is 3.37. The van der Waals surface area contributed by atoms with Gasteiger partial charge >= 0.3 is 0 Å². The SMILES string of the molecule is Clc1cccc(Nc2nccc(-c3ccnc4[nH]ncc34)n2)c1. The van der Waals surface area contributed by atoms with Crippen molar-refractivity contribution in [2.75, 3.05) is 5.32 Å². The molecule has 3 aromatic heterocycles. The molecule has 0 radical (unpaired) electrons. The summed E-state index contributed by atoms with van der Waals surface area (Å²) < 4.78 is 0. The molecule has 0 aliphatic heterocycles. The molecular weight excluding hydrogens is 312 g/mol. The number of benzene rings is 1. The highest BCUT2D eigenvalue weighted by atomic mass is 35.5. The van der Waals surface area contributed by atoms with Crippen LogP contribution in [0.1, 0.15) is 0 Å². The lowest BCUT2D eigenvalue weighted by molar-refractivity contribution is 1.10. The van der Waals surface area contributed by atoms with E-state index < -0.39 is 0 Å². The maximum Gasteiger partial charge on any atom is 0.227 e. The average molecular weight is 323 g/mol. The number of halogens is 1. The molecule has 112 valence electrons. The largest absolute Gasteiger partial charge is 0.324 e. The zero-order valence-electron chi connectivity index (χ0n) is 11.9. The van der Waals surface area contributed by atoms with Gasteiger partial charge in [0.05, 0.1) is 11.9 Å². The molecule has 0 saturated heterocycles. The lowest BCUT2D eigenvalue weighted by atomic mass is 10.1. The molecule has 2 N–H and O–H groups in total. The van der Waals surface area contributed by atoms with Crippen molar-refractivity contribution >= 4 is 34.3 Å². The van der Waals surface area contributed by atoms with E-state index in [2.05, 4.69) is 30.5 Å². The van der Waals surface area contributed by atoms with Crippen LogP contribution in [0.4, 0.5) is 11.6 Å². The van der Waals surface area contributed by atoms with E-state index in [0.717, 1.165) is 28.0 Å². The van der Waals surface area contributed by atoms with Crippen LogP contribution in [-0.4, -0.2) is 25.1 Å². The van der Waals surface area contributed by atoms with Crippen LogP contribution in [0, 0.1) is 0 Å². The highest BCUT2D eigenvalue weighted by Gasteiger charge is 2.08. The zero-order chi connectivity index (χ0) is 15.6. The minimum absolute atomic E-state index is 0.498. The number of pyridine rings is 1. The minimum Gasteiger partial charge on any atom is -0.324 e. The molecule has 0 amide bonds. The second-order valence-corrected chi connectivity index (χ2v) is 5.33. The Bertz CT molecular complexity index is 981. The quantitative estimate of drug-likeness (QED) is 0.599. The van der Waals surface area contributed by atoms with Gasteiger partial charge in [0.2, 0.25) is 5.95 Å². The summed E-state index contributed by atoms with van der Waals surface area (Å²) in [6, 6.07) is 11.2. The Balaban J connectivity index is 1.73. The molecule has 0 aliphatic rings. The Hall–Kier alpha value is -2.99. The Morgan fingerprint density at radius 3 is 2.87 bits per heavy atom. The molecule has 3 heterocycles. The fourth-order valence-electron chi connectivity index (χ4n) is 2.34. The summed E-state index contributed by atoms with van der Waals surface area (Å²) >= 11 is 5.99. The summed E-state index contributed by atoms with van der Waals surface area (Å²) in [5.74, 6) is 0.498. The molecule has 0 saturated carbocycles. The van der Waals surface area contributed by atoms with Crippen molar-refractivity contribution in [2.45, 2.75) is 0 Å². The Kier molecular flexibility index (Phi) is 3.36. The molecule has 0 spiro atoms. The maximum absolute atomic E-state index is 5.99. The summed E-state index contributed by atoms with van der Waals surface area (Å²) in [5.41, 5.74) is 3.29. The highest BCUT2D eigenvalue weighted by Crippen LogP contribution is 2.25. The van der Waals surface area contributed by atoms with Crippen molar-refractivity contribution in [1.82, 2.24) is 25.1 Å². The number of fused-ring (bicyclic) bond motifs is 1. The van der Waals surface area contributed by atoms with Crippen molar-refractivity contribution < 1.29 is 0 Å². The summed E-state index contributed by atoms with van der Waals surface area (Å²) in [7, 11) is 0. The third-order valence-corrected chi connectivity index (χ3v) is 3.60. The molecule has 7 heteroatoms. The number of hydrogen-bond donors (Lipinski definition) is 2. The zero-order valence-corrected chi connectivity index (χ0v) is 12.6. The molecule has 4 rings (SSSR count). The van der Waals surface area contributed by atoms with E-state index in [1.165, 1.54) is 0 Å². The van der Waals surface area contributed by atoms with E-state index in [1.54, 1.807) is 18.6 Å². The predicted octanol–water partition coefficient (Wildman–Crippen LogP) is 3.81. The van der Waals surface area contributed by atoms with Crippen LogP contribution in [0.3, 0.4) is 0 Å². The molecule has 0 fully saturated rings. The highest BCUT2D eigenvalue weighted by molar-refractivity contribution is 6.30. The van der Waals surface area contributed by atoms with Crippen LogP contribution in [0.25, 0.3) is 22.3 Å². The number of H-pyrrole nitrogens is 1. The molecule has 6 nitrogen and oxygen atoms in total.